The maximum Gasteiger partial charge on any atom is 0.202 e. The number of rotatable bonds is 15. The fourth-order valence-electron chi connectivity index (χ4n) is 12.2. The minimum absolute atomic E-state index is 0.0358. The topological polar surface area (TPSA) is 349 Å². The average molecular weight is 1100 g/mol. The van der Waals surface area contributed by atoms with Crippen molar-refractivity contribution in [2.75, 3.05) is 7.11 Å². The molecule has 77 heavy (non-hydrogen) atoms. The number of aliphatic hydroxyl groups excluding tert-OH is 9. The molecule has 0 amide bonds. The highest BCUT2D eigenvalue weighted by atomic mass is 16.7. The van der Waals surface area contributed by atoms with Gasteiger partial charge < -0.3 is 104 Å². The molecule has 1 saturated carbocycles. The van der Waals surface area contributed by atoms with Crippen LogP contribution in [0.2, 0.25) is 0 Å². The summed E-state index contributed by atoms with van der Waals surface area (Å²) in [7, 11) is 1.20. The van der Waals surface area contributed by atoms with E-state index >= 15 is 4.79 Å². The number of phenolic OH excluding ortho intramolecular Hbond substituents is 2. The summed E-state index contributed by atoms with van der Waals surface area (Å²) in [5.74, 6) is -3.71. The molecular formula is C54H80O23. The minimum Gasteiger partial charge on any atom is -0.507 e. The molecule has 2 aromatic rings. The van der Waals surface area contributed by atoms with E-state index in [0.29, 0.717) is 6.42 Å². The van der Waals surface area contributed by atoms with Gasteiger partial charge in [-0.15, -0.1) is 0 Å². The van der Waals surface area contributed by atoms with Gasteiger partial charge in [-0.25, -0.2) is 0 Å². The Morgan fingerprint density at radius 3 is 1.87 bits per heavy atom. The molecule has 4 saturated heterocycles. The Labute approximate surface area is 446 Å². The minimum atomic E-state index is -1.96. The molecule has 23 heteroatoms. The van der Waals surface area contributed by atoms with Crippen LogP contribution in [0.1, 0.15) is 109 Å². The van der Waals surface area contributed by atoms with Crippen molar-refractivity contribution in [1.29, 1.82) is 0 Å². The molecule has 11 N–H and O–H groups in total. The van der Waals surface area contributed by atoms with Gasteiger partial charge in [0.2, 0.25) is 6.29 Å². The summed E-state index contributed by atoms with van der Waals surface area (Å²) < 4.78 is 61.7. The fourth-order valence-corrected chi connectivity index (χ4v) is 12.2. The lowest BCUT2D eigenvalue weighted by atomic mass is 9.64. The maximum absolute atomic E-state index is 15.3. The first-order chi connectivity index (χ1) is 36.1. The number of aromatic hydroxyl groups is 2. The molecule has 9 unspecified atom stereocenters. The molecular weight excluding hydrogens is 1020 g/mol. The average Bonchev–Trinajstić information content (AvgIpc) is 3.38. The predicted octanol–water partition coefficient (Wildman–Crippen LogP) is 0.660. The molecule has 0 bridgehead atoms. The third-order valence-electron chi connectivity index (χ3n) is 16.9. The van der Waals surface area contributed by atoms with E-state index in [4.69, 9.17) is 47.4 Å². The fraction of sp³-hybridized carbons (Fsp3) is 0.778. The van der Waals surface area contributed by atoms with Crippen molar-refractivity contribution in [2.24, 2.45) is 17.3 Å². The van der Waals surface area contributed by atoms with Gasteiger partial charge in [-0.05, 0) is 83.4 Å². The van der Waals surface area contributed by atoms with E-state index in [1.54, 1.807) is 41.5 Å². The number of phenols is 2. The highest BCUT2D eigenvalue weighted by molar-refractivity contribution is 6.11. The van der Waals surface area contributed by atoms with Crippen molar-refractivity contribution in [1.82, 2.24) is 0 Å². The zero-order chi connectivity index (χ0) is 56.4. The number of fused-ring (bicyclic) bond motifs is 2. The second-order valence-electron chi connectivity index (χ2n) is 22.8. The number of Topliss-reactive ketones (excluding diaryl/α,β-unsaturated/α-hetero) is 2. The largest absolute Gasteiger partial charge is 0.507 e. The van der Waals surface area contributed by atoms with Crippen LogP contribution in [0.5, 0.6) is 17.2 Å². The van der Waals surface area contributed by atoms with Gasteiger partial charge in [0.15, 0.2) is 30.4 Å². The zero-order valence-electron chi connectivity index (χ0n) is 45.1. The summed E-state index contributed by atoms with van der Waals surface area (Å²) in [6.45, 7) is 14.2. The van der Waals surface area contributed by atoms with Crippen molar-refractivity contribution < 1.29 is 113 Å². The number of benzene rings is 2. The maximum atomic E-state index is 15.3. The second kappa shape index (κ2) is 23.7. The number of aliphatic hydroxyl groups is 9. The Balaban J connectivity index is 1.07. The van der Waals surface area contributed by atoms with Crippen LogP contribution in [0.15, 0.2) is 12.1 Å². The molecule has 23 nitrogen and oxygen atoms in total. The first-order valence-electron chi connectivity index (χ1n) is 26.8. The second-order valence-corrected chi connectivity index (χ2v) is 22.8. The lowest BCUT2D eigenvalue weighted by molar-refractivity contribution is -0.332. The van der Waals surface area contributed by atoms with Crippen LogP contribution in [-0.4, -0.2) is 216 Å². The van der Waals surface area contributed by atoms with E-state index in [2.05, 4.69) is 0 Å². The highest BCUT2D eigenvalue weighted by Gasteiger charge is 2.57. The molecule has 5 fully saturated rings. The summed E-state index contributed by atoms with van der Waals surface area (Å²) in [4.78, 5) is 29.4. The molecule has 2 aliphatic carbocycles. The Morgan fingerprint density at radius 2 is 1.26 bits per heavy atom. The summed E-state index contributed by atoms with van der Waals surface area (Å²) in [5, 5.41) is 121. The van der Waals surface area contributed by atoms with Crippen molar-refractivity contribution in [3.63, 3.8) is 0 Å². The molecule has 4 heterocycles. The van der Waals surface area contributed by atoms with Crippen molar-refractivity contribution >= 4 is 22.3 Å². The van der Waals surface area contributed by atoms with Gasteiger partial charge in [-0.3, -0.25) is 9.59 Å². The normalized spacial score (nSPS) is 43.1. The molecule has 26 atom stereocenters. The van der Waals surface area contributed by atoms with Crippen molar-refractivity contribution in [2.45, 2.75) is 242 Å². The lowest BCUT2D eigenvalue weighted by Gasteiger charge is -2.48. The highest BCUT2D eigenvalue weighted by Crippen LogP contribution is 2.51. The number of hydrogen-bond donors (Lipinski definition) is 11. The van der Waals surface area contributed by atoms with Crippen LogP contribution in [0.25, 0.3) is 10.8 Å². The molecule has 6 aliphatic rings. The zero-order valence-corrected chi connectivity index (χ0v) is 45.1. The van der Waals surface area contributed by atoms with Crippen LogP contribution in [0.3, 0.4) is 0 Å². The third kappa shape index (κ3) is 11.8. The Morgan fingerprint density at radius 1 is 0.688 bits per heavy atom. The van der Waals surface area contributed by atoms with E-state index in [-0.39, 0.29) is 71.2 Å². The SMILES string of the molecule is CO[C@H](C(=O)[C@@H](O)[C@@H](C)O)C1(C)Cc2cc3cc(O[C@H]4C[C@@H](O[C@H]5C[C@@H](O)[C@H](O)C(C)O5)[C@H](O)C(C)O4)c(C)c(O)c3c(O)c2C(=O)[C@@H]1O[C@H]1CC(O[C@@H]2O[C@H](C)[C@@H](O)C(O[C@@H]3CC(C)[C@H](O)C(O)C3)C2C)[C@H](O)C(C)O1. The van der Waals surface area contributed by atoms with Crippen LogP contribution in [0, 0.1) is 24.2 Å². The Hall–Kier alpha value is -3.28. The van der Waals surface area contributed by atoms with Gasteiger partial charge in [0, 0.05) is 49.7 Å². The van der Waals surface area contributed by atoms with Crippen LogP contribution in [-0.2, 0) is 53.8 Å². The molecule has 4 aliphatic heterocycles. The number of hydrogen-bond acceptors (Lipinski definition) is 23. The first kappa shape index (κ1) is 59.8. The van der Waals surface area contributed by atoms with Gasteiger partial charge in [0.1, 0.15) is 60.0 Å². The summed E-state index contributed by atoms with van der Waals surface area (Å²) >= 11 is 0. The number of carbonyl (C=O) groups excluding carboxylic acids is 2. The quantitative estimate of drug-likeness (QED) is 0.117. The van der Waals surface area contributed by atoms with E-state index in [9.17, 15) is 61.0 Å². The lowest BCUT2D eigenvalue weighted by Crippen LogP contribution is -2.61. The summed E-state index contributed by atoms with van der Waals surface area (Å²) in [5.41, 5.74) is -1.66. The third-order valence-corrected chi connectivity index (χ3v) is 16.9. The van der Waals surface area contributed by atoms with Crippen LogP contribution < -0.4 is 4.74 Å². The molecule has 434 valence electrons. The summed E-state index contributed by atoms with van der Waals surface area (Å²) in [6, 6.07) is 3.05. The monoisotopic (exact) mass is 1100 g/mol. The number of methoxy groups -OCH3 is 1. The molecule has 2 aromatic carbocycles. The smallest absolute Gasteiger partial charge is 0.202 e. The van der Waals surface area contributed by atoms with Crippen molar-refractivity contribution in [3.8, 4) is 17.2 Å². The van der Waals surface area contributed by atoms with Gasteiger partial charge in [-0.2, -0.15) is 0 Å². The Bertz CT molecular complexity index is 2380. The number of ketones is 2. The van der Waals surface area contributed by atoms with E-state index in [0.717, 1.165) is 0 Å². The van der Waals surface area contributed by atoms with Gasteiger partial charge in [0.25, 0.3) is 0 Å². The van der Waals surface area contributed by atoms with Crippen LogP contribution >= 0.6 is 0 Å². The summed E-state index contributed by atoms with van der Waals surface area (Å²) in [6.07, 6.45) is -25.6. The van der Waals surface area contributed by atoms with E-state index in [1.165, 1.54) is 40.0 Å². The van der Waals surface area contributed by atoms with Crippen molar-refractivity contribution in [3.05, 3.63) is 28.8 Å². The van der Waals surface area contributed by atoms with E-state index in [1.807, 2.05) is 0 Å². The first-order valence-corrected chi connectivity index (χ1v) is 26.8. The van der Waals surface area contributed by atoms with E-state index < -0.39 is 176 Å². The Kier molecular flexibility index (Phi) is 18.4. The molecule has 0 spiro atoms. The standard InChI is InChI=1S/C54H80O23/c1-19-11-29(14-30(56)40(19)58)73-50-21(3)53(72-26(8)46(50)64)76-34-17-37(71-25(7)45(34)63)77-52-48(66)39-28(18-54(52,9)51(68-10)49(67)42(60)22(4)55)12-27-13-32(20(2)41(59)38(27)47(39)65)74-36-16-33(44(62)24(6)70-36)75-35-15-31(57)43(61)23(5)69-35/h12-13,19,21-26,29-31,33-37,40,42-46,50-53,55-65H,11,14-18H2,1-10H3/t19?,21?,22-,23?,24?,25?,26-,29-,30?,31-,33-,34?,35+,36+,37+,40+,42+,43-,44-,45-,46-,50?,51-,52+,53+,54?/m1/s1. The number of ether oxygens (including phenoxy) is 10. The van der Waals surface area contributed by atoms with Gasteiger partial charge >= 0.3 is 0 Å². The molecule has 8 rings (SSSR count). The number of carbonyl (C=O) groups is 2. The molecule has 0 aromatic heterocycles. The van der Waals surface area contributed by atoms with Gasteiger partial charge in [-0.1, -0.05) is 20.8 Å². The van der Waals surface area contributed by atoms with Gasteiger partial charge in [0.05, 0.1) is 84.2 Å². The van der Waals surface area contributed by atoms with Crippen LogP contribution in [0.4, 0.5) is 0 Å². The molecule has 0 radical (unpaired) electrons. The predicted molar refractivity (Wildman–Crippen MR) is 266 cm³/mol.